The quantitative estimate of drug-likeness (QED) is 0.622. The number of rotatable bonds is 6. The van der Waals surface area contributed by atoms with Gasteiger partial charge in [0.2, 0.25) is 11.8 Å². The number of benzene rings is 2. The van der Waals surface area contributed by atoms with Gasteiger partial charge in [-0.25, -0.2) is 4.39 Å². The molecular weight excluding hydrogens is 425 g/mol. The zero-order valence-corrected chi connectivity index (χ0v) is 18.0. The highest BCUT2D eigenvalue weighted by Crippen LogP contribution is 2.26. The molecule has 3 heterocycles. The fraction of sp³-hybridized carbons (Fsp3) is 0.333. The predicted octanol–water partition coefficient (Wildman–Crippen LogP) is 2.62. The van der Waals surface area contributed by atoms with E-state index in [0.29, 0.717) is 30.5 Å². The Bertz CT molecular complexity index is 1150. The second-order valence-corrected chi connectivity index (χ2v) is 8.50. The van der Waals surface area contributed by atoms with Crippen molar-refractivity contribution in [3.05, 3.63) is 66.2 Å². The van der Waals surface area contributed by atoms with Crippen LogP contribution in [0, 0.1) is 11.7 Å². The summed E-state index contributed by atoms with van der Waals surface area (Å²) in [6.45, 7) is 2.28. The maximum Gasteiger partial charge on any atom is 0.257 e. The number of anilines is 1. The van der Waals surface area contributed by atoms with Gasteiger partial charge >= 0.3 is 0 Å². The number of aromatic nitrogens is 2. The molecule has 2 saturated heterocycles. The first-order valence-corrected chi connectivity index (χ1v) is 11.0. The third-order valence-corrected chi connectivity index (χ3v) is 6.09. The molecule has 1 N–H and O–H groups in total. The van der Waals surface area contributed by atoms with Gasteiger partial charge in [0, 0.05) is 43.3 Å². The van der Waals surface area contributed by atoms with Crippen LogP contribution in [0.5, 0.6) is 0 Å². The van der Waals surface area contributed by atoms with Crippen LogP contribution in [-0.4, -0.2) is 52.5 Å². The topological polar surface area (TPSA) is 91.6 Å². The van der Waals surface area contributed by atoms with E-state index in [2.05, 4.69) is 20.4 Å². The molecule has 2 aliphatic heterocycles. The van der Waals surface area contributed by atoms with Crippen LogP contribution < -0.4 is 10.2 Å². The molecule has 0 aliphatic carbocycles. The molecule has 0 radical (unpaired) electrons. The Morgan fingerprint density at radius 3 is 2.82 bits per heavy atom. The first-order chi connectivity index (χ1) is 16.0. The Hall–Kier alpha value is -3.59. The van der Waals surface area contributed by atoms with Crippen molar-refractivity contribution in [2.75, 3.05) is 24.5 Å². The van der Waals surface area contributed by atoms with Gasteiger partial charge in [-0.05, 0) is 36.8 Å². The molecular formula is C24H24FN5O3. The van der Waals surface area contributed by atoms with E-state index in [-0.39, 0.29) is 30.8 Å². The van der Waals surface area contributed by atoms with Gasteiger partial charge < -0.3 is 14.7 Å². The molecule has 2 atom stereocenters. The van der Waals surface area contributed by atoms with Gasteiger partial charge in [-0.2, -0.15) is 4.98 Å². The number of hydrogen-bond donors (Lipinski definition) is 1. The van der Waals surface area contributed by atoms with Crippen LogP contribution in [-0.2, 0) is 16.1 Å². The molecule has 3 aromatic rings. The van der Waals surface area contributed by atoms with E-state index in [1.54, 1.807) is 12.1 Å². The average molecular weight is 449 g/mol. The molecule has 0 saturated carbocycles. The minimum atomic E-state index is -0.444. The molecule has 2 amide bonds. The third-order valence-electron chi connectivity index (χ3n) is 6.09. The number of halogens is 1. The largest absolute Gasteiger partial charge is 0.352 e. The van der Waals surface area contributed by atoms with Crippen molar-refractivity contribution in [3.8, 4) is 11.5 Å². The highest BCUT2D eigenvalue weighted by molar-refractivity contribution is 6.00. The maximum atomic E-state index is 13.5. The number of nitrogens with one attached hydrogen (secondary N) is 1. The van der Waals surface area contributed by atoms with Crippen molar-refractivity contribution in [1.82, 2.24) is 20.4 Å². The number of amides is 2. The summed E-state index contributed by atoms with van der Waals surface area (Å²) in [5.41, 5.74) is 1.36. The van der Waals surface area contributed by atoms with Crippen molar-refractivity contribution in [3.63, 3.8) is 0 Å². The molecule has 33 heavy (non-hydrogen) atoms. The SMILES string of the molecule is O=C(N[C@@H]1CCN(Cc2noc(-c3ccccc3)n2)C1)[C@H]1CC(=O)N(c2cccc(F)c2)C1. The Labute approximate surface area is 190 Å². The van der Waals surface area contributed by atoms with Gasteiger partial charge in [-0.3, -0.25) is 14.5 Å². The van der Waals surface area contributed by atoms with Crippen molar-refractivity contribution in [2.45, 2.75) is 25.4 Å². The van der Waals surface area contributed by atoms with Crippen LogP contribution in [0.1, 0.15) is 18.7 Å². The zero-order valence-electron chi connectivity index (χ0n) is 18.0. The highest BCUT2D eigenvalue weighted by Gasteiger charge is 2.36. The van der Waals surface area contributed by atoms with E-state index in [0.717, 1.165) is 18.5 Å². The fourth-order valence-electron chi connectivity index (χ4n) is 4.41. The molecule has 1 aromatic heterocycles. The van der Waals surface area contributed by atoms with Gasteiger partial charge in [0.15, 0.2) is 5.82 Å². The standard InChI is InChI=1S/C24H24FN5O3/c25-18-7-4-8-20(12-18)30-13-17(11-22(30)31)23(32)26-19-9-10-29(14-19)15-21-27-24(33-28-21)16-5-2-1-3-6-16/h1-8,12,17,19H,9-11,13-15H2,(H,26,32)/t17-,19+/m0/s1. The normalized spacial score (nSPS) is 21.0. The summed E-state index contributed by atoms with van der Waals surface area (Å²) in [5, 5.41) is 7.15. The molecule has 8 nitrogen and oxygen atoms in total. The van der Waals surface area contributed by atoms with Gasteiger partial charge in [-0.15, -0.1) is 0 Å². The molecule has 9 heteroatoms. The summed E-state index contributed by atoms with van der Waals surface area (Å²) >= 11 is 0. The van der Waals surface area contributed by atoms with Crippen LogP contribution in [0.4, 0.5) is 10.1 Å². The average Bonchev–Trinajstić information content (AvgIpc) is 3.55. The molecule has 0 unspecified atom stereocenters. The first-order valence-electron chi connectivity index (χ1n) is 11.0. The van der Waals surface area contributed by atoms with Crippen LogP contribution in [0.25, 0.3) is 11.5 Å². The molecule has 2 fully saturated rings. The second-order valence-electron chi connectivity index (χ2n) is 8.50. The molecule has 170 valence electrons. The monoisotopic (exact) mass is 449 g/mol. The summed E-state index contributed by atoms with van der Waals surface area (Å²) in [6.07, 6.45) is 0.938. The number of hydrogen-bond acceptors (Lipinski definition) is 6. The lowest BCUT2D eigenvalue weighted by atomic mass is 10.1. The van der Waals surface area contributed by atoms with Crippen molar-refractivity contribution < 1.29 is 18.5 Å². The Morgan fingerprint density at radius 2 is 2.00 bits per heavy atom. The zero-order chi connectivity index (χ0) is 22.8. The summed E-state index contributed by atoms with van der Waals surface area (Å²) in [4.78, 5) is 33.3. The maximum absolute atomic E-state index is 13.5. The van der Waals surface area contributed by atoms with Crippen LogP contribution in [0.2, 0.25) is 0 Å². The van der Waals surface area contributed by atoms with Crippen molar-refractivity contribution in [2.24, 2.45) is 5.92 Å². The minimum Gasteiger partial charge on any atom is -0.352 e. The van der Waals surface area contributed by atoms with E-state index >= 15 is 0 Å². The van der Waals surface area contributed by atoms with E-state index in [1.807, 2.05) is 30.3 Å². The number of likely N-dealkylation sites (tertiary alicyclic amines) is 1. The molecule has 2 aromatic carbocycles. The summed E-state index contributed by atoms with van der Waals surface area (Å²) in [7, 11) is 0. The molecule has 0 bridgehead atoms. The van der Waals surface area contributed by atoms with Crippen LogP contribution in [0.3, 0.4) is 0 Å². The van der Waals surface area contributed by atoms with E-state index in [9.17, 15) is 14.0 Å². The van der Waals surface area contributed by atoms with Gasteiger partial charge in [0.1, 0.15) is 5.82 Å². The van der Waals surface area contributed by atoms with Crippen LogP contribution in [0.15, 0.2) is 59.1 Å². The molecule has 0 spiro atoms. The predicted molar refractivity (Wildman–Crippen MR) is 118 cm³/mol. The van der Waals surface area contributed by atoms with Crippen molar-refractivity contribution in [1.29, 1.82) is 0 Å². The summed E-state index contributed by atoms with van der Waals surface area (Å²) in [6, 6.07) is 15.5. The Balaban J connectivity index is 1.13. The smallest absolute Gasteiger partial charge is 0.257 e. The lowest BCUT2D eigenvalue weighted by Crippen LogP contribution is -2.41. The molecule has 5 rings (SSSR count). The number of carbonyl (C=O) groups excluding carboxylic acids is 2. The fourth-order valence-corrected chi connectivity index (χ4v) is 4.41. The Kier molecular flexibility index (Phi) is 5.87. The van der Waals surface area contributed by atoms with Crippen LogP contribution >= 0.6 is 0 Å². The lowest BCUT2D eigenvalue weighted by Gasteiger charge is -2.18. The van der Waals surface area contributed by atoms with E-state index in [4.69, 9.17) is 4.52 Å². The lowest BCUT2D eigenvalue weighted by molar-refractivity contribution is -0.126. The van der Waals surface area contributed by atoms with E-state index < -0.39 is 11.7 Å². The summed E-state index contributed by atoms with van der Waals surface area (Å²) < 4.78 is 18.9. The van der Waals surface area contributed by atoms with Crippen molar-refractivity contribution >= 4 is 17.5 Å². The third kappa shape index (κ3) is 4.78. The number of carbonyl (C=O) groups is 2. The van der Waals surface area contributed by atoms with Gasteiger partial charge in [0.25, 0.3) is 5.89 Å². The second kappa shape index (κ2) is 9.11. The Morgan fingerprint density at radius 1 is 1.15 bits per heavy atom. The summed E-state index contributed by atoms with van der Waals surface area (Å²) in [5.74, 6) is -0.0614. The number of nitrogens with zero attached hydrogens (tertiary/aromatic N) is 4. The van der Waals surface area contributed by atoms with Gasteiger partial charge in [0.05, 0.1) is 12.5 Å². The minimum absolute atomic E-state index is 0.00341. The van der Waals surface area contributed by atoms with E-state index in [1.165, 1.54) is 17.0 Å². The molecule has 2 aliphatic rings. The first kappa shape index (κ1) is 21.3. The highest BCUT2D eigenvalue weighted by atomic mass is 19.1. The van der Waals surface area contributed by atoms with Gasteiger partial charge in [-0.1, -0.05) is 29.4 Å².